The Morgan fingerprint density at radius 2 is 2.23 bits per heavy atom. The first-order valence-corrected chi connectivity index (χ1v) is 3.75. The Morgan fingerprint density at radius 3 is 3.00 bits per heavy atom. The smallest absolute Gasteiger partial charge is 0.377 e. The third-order valence-corrected chi connectivity index (χ3v) is 1.75. The van der Waals surface area contributed by atoms with Crippen molar-refractivity contribution >= 4 is 16.9 Å². The van der Waals surface area contributed by atoms with E-state index >= 15 is 0 Å². The Labute approximate surface area is 74.1 Å². The number of methoxy groups -OCH3 is 1. The molecule has 0 amide bonds. The largest absolute Gasteiger partial charge is 0.463 e. The highest BCUT2D eigenvalue weighted by atomic mass is 16.5. The summed E-state index contributed by atoms with van der Waals surface area (Å²) in [6.07, 6.45) is 0. The van der Waals surface area contributed by atoms with Crippen molar-refractivity contribution in [3.63, 3.8) is 0 Å². The van der Waals surface area contributed by atoms with Crippen molar-refractivity contribution in [1.82, 2.24) is 5.16 Å². The van der Waals surface area contributed by atoms with Crippen LogP contribution in [0.3, 0.4) is 0 Å². The fraction of sp³-hybridized carbons (Fsp3) is 0.111. The predicted molar refractivity (Wildman–Crippen MR) is 45.3 cm³/mol. The van der Waals surface area contributed by atoms with Gasteiger partial charge in [0.1, 0.15) is 5.52 Å². The lowest BCUT2D eigenvalue weighted by Crippen LogP contribution is -1.99. The number of hydrogen-bond donors (Lipinski definition) is 0. The van der Waals surface area contributed by atoms with Crippen molar-refractivity contribution in [2.45, 2.75) is 0 Å². The standard InChI is InChI=1S/C9H7NO3/c1-12-9(11)8-6-4-2-3-5-7(6)10-13-8/h2-5H,1H3. The molecule has 66 valence electrons. The van der Waals surface area contributed by atoms with Crippen LogP contribution in [0.2, 0.25) is 0 Å². The Balaban J connectivity index is 2.64. The number of nitrogens with zero attached hydrogens (tertiary/aromatic N) is 1. The minimum atomic E-state index is -0.506. The fourth-order valence-corrected chi connectivity index (χ4v) is 1.13. The van der Waals surface area contributed by atoms with Crippen LogP contribution in [0.25, 0.3) is 10.9 Å². The summed E-state index contributed by atoms with van der Waals surface area (Å²) in [5, 5.41) is 4.39. The number of rotatable bonds is 1. The molecule has 4 heteroatoms. The van der Waals surface area contributed by atoms with E-state index in [-0.39, 0.29) is 5.76 Å². The summed E-state index contributed by atoms with van der Waals surface area (Å²) in [7, 11) is 1.31. The van der Waals surface area contributed by atoms with E-state index in [1.54, 1.807) is 12.1 Å². The van der Waals surface area contributed by atoms with Gasteiger partial charge in [0.15, 0.2) is 0 Å². The Morgan fingerprint density at radius 1 is 1.46 bits per heavy atom. The summed E-state index contributed by atoms with van der Waals surface area (Å²) in [4.78, 5) is 11.1. The van der Waals surface area contributed by atoms with E-state index in [0.29, 0.717) is 10.9 Å². The van der Waals surface area contributed by atoms with Crippen molar-refractivity contribution in [1.29, 1.82) is 0 Å². The zero-order valence-corrected chi connectivity index (χ0v) is 6.98. The van der Waals surface area contributed by atoms with Gasteiger partial charge in [0.05, 0.1) is 12.5 Å². The van der Waals surface area contributed by atoms with E-state index in [9.17, 15) is 4.79 Å². The molecule has 1 heterocycles. The quantitative estimate of drug-likeness (QED) is 0.621. The second-order valence-corrected chi connectivity index (χ2v) is 2.52. The maximum Gasteiger partial charge on any atom is 0.377 e. The SMILES string of the molecule is COC(=O)c1onc2ccccc12. The molecule has 2 aromatic rings. The van der Waals surface area contributed by atoms with Crippen molar-refractivity contribution in [2.24, 2.45) is 0 Å². The van der Waals surface area contributed by atoms with Gasteiger partial charge in [0.2, 0.25) is 0 Å². The van der Waals surface area contributed by atoms with Crippen LogP contribution in [0.1, 0.15) is 10.6 Å². The third-order valence-electron chi connectivity index (χ3n) is 1.75. The number of benzene rings is 1. The number of ether oxygens (including phenoxy) is 1. The maximum absolute atomic E-state index is 11.1. The molecule has 4 nitrogen and oxygen atoms in total. The molecule has 0 atom stereocenters. The molecule has 0 radical (unpaired) electrons. The summed E-state index contributed by atoms with van der Waals surface area (Å²) < 4.78 is 9.37. The van der Waals surface area contributed by atoms with E-state index < -0.39 is 5.97 Å². The molecular weight excluding hydrogens is 170 g/mol. The number of esters is 1. The van der Waals surface area contributed by atoms with Crippen LogP contribution in [-0.2, 0) is 4.74 Å². The third kappa shape index (κ3) is 1.16. The summed E-state index contributed by atoms with van der Waals surface area (Å²) in [5.41, 5.74) is 0.655. The maximum atomic E-state index is 11.1. The van der Waals surface area contributed by atoms with Gasteiger partial charge < -0.3 is 9.26 Å². The van der Waals surface area contributed by atoms with Crippen molar-refractivity contribution in [2.75, 3.05) is 7.11 Å². The summed E-state index contributed by atoms with van der Waals surface area (Å²) in [6, 6.07) is 7.17. The highest BCUT2D eigenvalue weighted by Gasteiger charge is 2.15. The van der Waals surface area contributed by atoms with Gasteiger partial charge in [0.25, 0.3) is 5.76 Å². The normalized spacial score (nSPS) is 10.2. The van der Waals surface area contributed by atoms with Gasteiger partial charge in [-0.2, -0.15) is 0 Å². The van der Waals surface area contributed by atoms with Crippen LogP contribution in [0, 0.1) is 0 Å². The first-order chi connectivity index (χ1) is 6.33. The Bertz CT molecular complexity index is 447. The molecule has 0 aliphatic carbocycles. The van der Waals surface area contributed by atoms with E-state index in [0.717, 1.165) is 0 Å². The number of carbonyl (C=O) groups is 1. The minimum absolute atomic E-state index is 0.151. The van der Waals surface area contributed by atoms with Gasteiger partial charge >= 0.3 is 5.97 Å². The second kappa shape index (κ2) is 2.90. The number of hydrogen-bond acceptors (Lipinski definition) is 4. The Kier molecular flexibility index (Phi) is 1.73. The van der Waals surface area contributed by atoms with Gasteiger partial charge in [-0.15, -0.1) is 0 Å². The zero-order chi connectivity index (χ0) is 9.26. The monoisotopic (exact) mass is 177 g/mol. The molecule has 0 saturated heterocycles. The summed E-state index contributed by atoms with van der Waals surface area (Å²) in [5.74, 6) is -0.355. The first kappa shape index (κ1) is 7.79. The van der Waals surface area contributed by atoms with E-state index in [4.69, 9.17) is 4.52 Å². The molecule has 2 rings (SSSR count). The Hall–Kier alpha value is -1.84. The molecule has 0 fully saturated rings. The summed E-state index contributed by atoms with van der Waals surface area (Å²) in [6.45, 7) is 0. The van der Waals surface area contributed by atoms with Crippen molar-refractivity contribution < 1.29 is 14.1 Å². The van der Waals surface area contributed by atoms with Gasteiger partial charge in [-0.3, -0.25) is 0 Å². The summed E-state index contributed by atoms with van der Waals surface area (Å²) >= 11 is 0. The molecule has 0 spiro atoms. The van der Waals surface area contributed by atoms with Gasteiger partial charge in [-0.25, -0.2) is 4.79 Å². The molecule has 0 unspecified atom stereocenters. The molecule has 0 bridgehead atoms. The number of fused-ring (bicyclic) bond motifs is 1. The van der Waals surface area contributed by atoms with Crippen molar-refractivity contribution in [3.05, 3.63) is 30.0 Å². The van der Waals surface area contributed by atoms with E-state index in [1.165, 1.54) is 7.11 Å². The van der Waals surface area contributed by atoms with Crippen molar-refractivity contribution in [3.8, 4) is 0 Å². The fourth-order valence-electron chi connectivity index (χ4n) is 1.13. The predicted octanol–water partition coefficient (Wildman–Crippen LogP) is 1.61. The average Bonchev–Trinajstić information content (AvgIpc) is 2.60. The van der Waals surface area contributed by atoms with Gasteiger partial charge in [0, 0.05) is 0 Å². The number of carbonyl (C=O) groups excluding carboxylic acids is 1. The average molecular weight is 177 g/mol. The van der Waals surface area contributed by atoms with Gasteiger partial charge in [-0.05, 0) is 12.1 Å². The molecule has 0 N–H and O–H groups in total. The topological polar surface area (TPSA) is 52.3 Å². The molecule has 13 heavy (non-hydrogen) atoms. The molecule has 0 saturated carbocycles. The minimum Gasteiger partial charge on any atom is -0.463 e. The van der Waals surface area contributed by atoms with Gasteiger partial charge in [-0.1, -0.05) is 17.3 Å². The molecule has 1 aromatic carbocycles. The zero-order valence-electron chi connectivity index (χ0n) is 6.98. The van der Waals surface area contributed by atoms with E-state index in [2.05, 4.69) is 9.89 Å². The van der Waals surface area contributed by atoms with E-state index in [1.807, 2.05) is 12.1 Å². The van der Waals surface area contributed by atoms with Crippen LogP contribution in [0.15, 0.2) is 28.8 Å². The highest BCUT2D eigenvalue weighted by Crippen LogP contribution is 2.17. The second-order valence-electron chi connectivity index (χ2n) is 2.52. The van der Waals surface area contributed by atoms with Crippen LogP contribution in [-0.4, -0.2) is 18.2 Å². The van der Waals surface area contributed by atoms with Crippen LogP contribution >= 0.6 is 0 Å². The first-order valence-electron chi connectivity index (χ1n) is 3.75. The lowest BCUT2D eigenvalue weighted by atomic mass is 10.2. The lowest BCUT2D eigenvalue weighted by molar-refractivity contribution is 0.0558. The molecular formula is C9H7NO3. The lowest BCUT2D eigenvalue weighted by Gasteiger charge is -1.91. The number of aromatic nitrogens is 1. The molecule has 0 aliphatic rings. The van der Waals surface area contributed by atoms with Crippen LogP contribution in [0.4, 0.5) is 0 Å². The van der Waals surface area contributed by atoms with Crippen LogP contribution in [0.5, 0.6) is 0 Å². The molecule has 1 aromatic heterocycles. The highest BCUT2D eigenvalue weighted by molar-refractivity contribution is 6.00. The van der Waals surface area contributed by atoms with Crippen LogP contribution < -0.4 is 0 Å². The molecule has 0 aliphatic heterocycles.